The minimum absolute atomic E-state index is 0.262. The molecular weight excluding hydrogens is 314 g/mol. The van der Waals surface area contributed by atoms with Gasteiger partial charge in [0.2, 0.25) is 5.91 Å². The average molecular weight is 348 g/mol. The van der Waals surface area contributed by atoms with Crippen LogP contribution < -0.4 is 0 Å². The normalized spacial score (nSPS) is 19.1. The first-order valence-corrected chi connectivity index (χ1v) is 9.32. The van der Waals surface area contributed by atoms with Gasteiger partial charge in [-0.05, 0) is 44.9 Å². The van der Waals surface area contributed by atoms with Gasteiger partial charge < -0.3 is 9.64 Å². The minimum atomic E-state index is -0.351. The molecule has 5 nitrogen and oxygen atoms in total. The van der Waals surface area contributed by atoms with Crippen LogP contribution in [0.1, 0.15) is 45.2 Å². The SMILES string of the molecule is COCCC(C)(C)C(=O)N1CCCC(N(C)Cc2ccccn2)CC1. The molecule has 0 saturated carbocycles. The largest absolute Gasteiger partial charge is 0.385 e. The van der Waals surface area contributed by atoms with E-state index in [1.165, 1.54) is 0 Å². The summed E-state index contributed by atoms with van der Waals surface area (Å²) in [5.41, 5.74) is 0.748. The maximum atomic E-state index is 12.9. The zero-order chi connectivity index (χ0) is 18.3. The molecule has 0 spiro atoms. The zero-order valence-corrected chi connectivity index (χ0v) is 16.2. The van der Waals surface area contributed by atoms with Crippen molar-refractivity contribution < 1.29 is 9.53 Å². The number of amides is 1. The highest BCUT2D eigenvalue weighted by Gasteiger charge is 2.33. The molecule has 5 heteroatoms. The Hall–Kier alpha value is -1.46. The lowest BCUT2D eigenvalue weighted by molar-refractivity contribution is -0.141. The van der Waals surface area contributed by atoms with Gasteiger partial charge >= 0.3 is 0 Å². The lowest BCUT2D eigenvalue weighted by atomic mass is 9.88. The fourth-order valence-corrected chi connectivity index (χ4v) is 3.49. The van der Waals surface area contributed by atoms with Crippen molar-refractivity contribution in [3.8, 4) is 0 Å². The molecule has 1 amide bonds. The molecule has 2 rings (SSSR count). The van der Waals surface area contributed by atoms with Crippen LogP contribution in [0.15, 0.2) is 24.4 Å². The summed E-state index contributed by atoms with van der Waals surface area (Å²) in [5, 5.41) is 0. The number of rotatable bonds is 7. The fourth-order valence-electron chi connectivity index (χ4n) is 3.49. The Morgan fingerprint density at radius 3 is 2.84 bits per heavy atom. The first kappa shape index (κ1) is 19.9. The summed E-state index contributed by atoms with van der Waals surface area (Å²) in [6, 6.07) is 6.55. The predicted octanol–water partition coefficient (Wildman–Crippen LogP) is 2.96. The molecule has 0 radical (unpaired) electrons. The van der Waals surface area contributed by atoms with Crippen molar-refractivity contribution in [2.75, 3.05) is 33.9 Å². The van der Waals surface area contributed by atoms with Crippen molar-refractivity contribution >= 4 is 5.91 Å². The lowest BCUT2D eigenvalue weighted by Gasteiger charge is -2.31. The van der Waals surface area contributed by atoms with E-state index < -0.39 is 0 Å². The molecule has 1 aliphatic heterocycles. The fraction of sp³-hybridized carbons (Fsp3) is 0.700. The van der Waals surface area contributed by atoms with E-state index in [0.29, 0.717) is 12.6 Å². The van der Waals surface area contributed by atoms with Crippen molar-refractivity contribution in [2.24, 2.45) is 5.41 Å². The highest BCUT2D eigenvalue weighted by molar-refractivity contribution is 5.82. The van der Waals surface area contributed by atoms with E-state index in [-0.39, 0.29) is 11.3 Å². The van der Waals surface area contributed by atoms with Gasteiger partial charge in [0.15, 0.2) is 0 Å². The third-order valence-electron chi connectivity index (χ3n) is 5.26. The summed E-state index contributed by atoms with van der Waals surface area (Å²) < 4.78 is 5.16. The van der Waals surface area contributed by atoms with Crippen LogP contribution in [-0.2, 0) is 16.1 Å². The molecule has 0 bridgehead atoms. The lowest BCUT2D eigenvalue weighted by Crippen LogP contribution is -2.42. The Labute approximate surface area is 152 Å². The molecule has 1 unspecified atom stereocenters. The van der Waals surface area contributed by atoms with Crippen LogP contribution in [0.5, 0.6) is 0 Å². The second-order valence-corrected chi connectivity index (χ2v) is 7.74. The Balaban J connectivity index is 1.89. The molecule has 0 aromatic carbocycles. The summed E-state index contributed by atoms with van der Waals surface area (Å²) in [6.07, 6.45) is 5.82. The molecular formula is C20H33N3O2. The van der Waals surface area contributed by atoms with Crippen molar-refractivity contribution in [1.29, 1.82) is 0 Å². The van der Waals surface area contributed by atoms with E-state index in [0.717, 1.165) is 51.0 Å². The molecule has 140 valence electrons. The van der Waals surface area contributed by atoms with Gasteiger partial charge in [0.1, 0.15) is 0 Å². The number of likely N-dealkylation sites (tertiary alicyclic amines) is 1. The number of aromatic nitrogens is 1. The van der Waals surface area contributed by atoms with Crippen LogP contribution in [0.4, 0.5) is 0 Å². The van der Waals surface area contributed by atoms with Crippen molar-refractivity contribution in [1.82, 2.24) is 14.8 Å². The second-order valence-electron chi connectivity index (χ2n) is 7.74. The summed E-state index contributed by atoms with van der Waals surface area (Å²) in [4.78, 5) is 21.8. The molecule has 1 aliphatic rings. The topological polar surface area (TPSA) is 45.7 Å². The number of carbonyl (C=O) groups excluding carboxylic acids is 1. The Morgan fingerprint density at radius 1 is 1.36 bits per heavy atom. The third kappa shape index (κ3) is 5.79. The number of methoxy groups -OCH3 is 1. The summed E-state index contributed by atoms with van der Waals surface area (Å²) >= 11 is 0. The van der Waals surface area contributed by atoms with Gasteiger partial charge in [-0.15, -0.1) is 0 Å². The number of carbonyl (C=O) groups is 1. The van der Waals surface area contributed by atoms with Crippen molar-refractivity contribution in [3.05, 3.63) is 30.1 Å². The molecule has 0 aliphatic carbocycles. The zero-order valence-electron chi connectivity index (χ0n) is 16.2. The van der Waals surface area contributed by atoms with Crippen LogP contribution in [0.25, 0.3) is 0 Å². The van der Waals surface area contributed by atoms with Gasteiger partial charge in [0.05, 0.1) is 5.69 Å². The van der Waals surface area contributed by atoms with Gasteiger partial charge in [0.25, 0.3) is 0 Å². The summed E-state index contributed by atoms with van der Waals surface area (Å²) in [5.74, 6) is 0.262. The van der Waals surface area contributed by atoms with Crippen LogP contribution >= 0.6 is 0 Å². The summed E-state index contributed by atoms with van der Waals surface area (Å²) in [6.45, 7) is 7.25. The molecule has 0 N–H and O–H groups in total. The molecule has 1 fully saturated rings. The van der Waals surface area contributed by atoms with E-state index in [1.807, 2.05) is 32.2 Å². The molecule has 1 atom stereocenters. The van der Waals surface area contributed by atoms with Gasteiger partial charge in [-0.1, -0.05) is 19.9 Å². The van der Waals surface area contributed by atoms with E-state index in [9.17, 15) is 4.79 Å². The number of nitrogens with zero attached hydrogens (tertiary/aromatic N) is 3. The predicted molar refractivity (Wildman–Crippen MR) is 100 cm³/mol. The third-order valence-corrected chi connectivity index (χ3v) is 5.26. The maximum absolute atomic E-state index is 12.9. The van der Waals surface area contributed by atoms with E-state index in [2.05, 4.69) is 27.9 Å². The van der Waals surface area contributed by atoms with Gasteiger partial charge in [-0.3, -0.25) is 14.7 Å². The first-order chi connectivity index (χ1) is 11.9. The van der Waals surface area contributed by atoms with Crippen LogP contribution in [0.2, 0.25) is 0 Å². The monoisotopic (exact) mass is 347 g/mol. The number of ether oxygens (including phenoxy) is 1. The van der Waals surface area contributed by atoms with E-state index in [4.69, 9.17) is 4.74 Å². The first-order valence-electron chi connectivity index (χ1n) is 9.32. The highest BCUT2D eigenvalue weighted by atomic mass is 16.5. The Bertz CT molecular complexity index is 533. The molecule has 1 aromatic rings. The Kier molecular flexibility index (Phi) is 7.38. The minimum Gasteiger partial charge on any atom is -0.385 e. The maximum Gasteiger partial charge on any atom is 0.228 e. The quantitative estimate of drug-likeness (QED) is 0.761. The van der Waals surface area contributed by atoms with Crippen LogP contribution in [-0.4, -0.2) is 60.6 Å². The van der Waals surface area contributed by atoms with Crippen LogP contribution in [0, 0.1) is 5.41 Å². The highest BCUT2D eigenvalue weighted by Crippen LogP contribution is 2.26. The number of hydrogen-bond acceptors (Lipinski definition) is 4. The summed E-state index contributed by atoms with van der Waals surface area (Å²) in [7, 11) is 3.86. The number of hydrogen-bond donors (Lipinski definition) is 0. The average Bonchev–Trinajstić information content (AvgIpc) is 2.86. The molecule has 25 heavy (non-hydrogen) atoms. The van der Waals surface area contributed by atoms with Gasteiger partial charge in [-0.2, -0.15) is 0 Å². The van der Waals surface area contributed by atoms with Crippen molar-refractivity contribution in [2.45, 2.75) is 52.1 Å². The van der Waals surface area contributed by atoms with E-state index in [1.54, 1.807) is 7.11 Å². The van der Waals surface area contributed by atoms with Crippen molar-refractivity contribution in [3.63, 3.8) is 0 Å². The smallest absolute Gasteiger partial charge is 0.228 e. The Morgan fingerprint density at radius 2 is 2.16 bits per heavy atom. The number of pyridine rings is 1. The molecule has 2 heterocycles. The van der Waals surface area contributed by atoms with Gasteiger partial charge in [-0.25, -0.2) is 0 Å². The second kappa shape index (κ2) is 9.30. The van der Waals surface area contributed by atoms with E-state index >= 15 is 0 Å². The van der Waals surface area contributed by atoms with Crippen LogP contribution in [0.3, 0.4) is 0 Å². The molecule has 1 aromatic heterocycles. The standard InChI is InChI=1S/C20H33N3O2/c1-20(2,11-15-25-4)19(24)23-13-7-9-18(10-14-23)22(3)16-17-8-5-6-12-21-17/h5-6,8,12,18H,7,9-11,13-16H2,1-4H3. The van der Waals surface area contributed by atoms with Gasteiger partial charge in [0, 0.05) is 51.0 Å². The molecule has 1 saturated heterocycles.